The second kappa shape index (κ2) is 6.92. The van der Waals surface area contributed by atoms with E-state index in [1.54, 1.807) is 6.33 Å². The molecular weight excluding hydrogens is 274 g/mol. The molecule has 0 aliphatic carbocycles. The van der Waals surface area contributed by atoms with Crippen LogP contribution >= 0.6 is 0 Å². The predicted octanol–water partition coefficient (Wildman–Crippen LogP) is 2.50. The number of hydrogen-bond acceptors (Lipinski definition) is 5. The minimum atomic E-state index is 0.694. The highest BCUT2D eigenvalue weighted by Gasteiger charge is 2.12. The SMILES string of the molecule is CC(C)CCNc1ncnc2cc(N3CCNCC3)ccc12. The summed E-state index contributed by atoms with van der Waals surface area (Å²) in [7, 11) is 0. The van der Waals surface area contributed by atoms with Gasteiger partial charge < -0.3 is 15.5 Å². The van der Waals surface area contributed by atoms with E-state index in [9.17, 15) is 0 Å². The highest BCUT2D eigenvalue weighted by atomic mass is 15.2. The summed E-state index contributed by atoms with van der Waals surface area (Å²) in [5.74, 6) is 1.64. The molecule has 2 heterocycles. The highest BCUT2D eigenvalue weighted by Crippen LogP contribution is 2.25. The standard InChI is InChI=1S/C17H25N5/c1-13(2)5-6-19-17-15-4-3-14(11-16(15)20-12-21-17)22-9-7-18-8-10-22/h3-4,11-13,18H,5-10H2,1-2H3,(H,19,20,21). The Morgan fingerprint density at radius 3 is 2.82 bits per heavy atom. The maximum atomic E-state index is 4.45. The maximum Gasteiger partial charge on any atom is 0.137 e. The Morgan fingerprint density at radius 1 is 1.23 bits per heavy atom. The molecule has 0 spiro atoms. The van der Waals surface area contributed by atoms with E-state index >= 15 is 0 Å². The molecule has 0 atom stereocenters. The van der Waals surface area contributed by atoms with Crippen molar-refractivity contribution in [2.45, 2.75) is 20.3 Å². The van der Waals surface area contributed by atoms with Crippen LogP contribution in [0.25, 0.3) is 10.9 Å². The first kappa shape index (κ1) is 15.0. The minimum absolute atomic E-state index is 0.694. The Bertz CT molecular complexity index is 619. The third-order valence-electron chi connectivity index (χ3n) is 4.12. The van der Waals surface area contributed by atoms with Crippen molar-refractivity contribution in [2.75, 3.05) is 42.9 Å². The minimum Gasteiger partial charge on any atom is -0.369 e. The van der Waals surface area contributed by atoms with Gasteiger partial charge >= 0.3 is 0 Å². The summed E-state index contributed by atoms with van der Waals surface area (Å²) in [6.45, 7) is 9.61. The lowest BCUT2D eigenvalue weighted by atomic mass is 10.1. The van der Waals surface area contributed by atoms with Gasteiger partial charge in [0, 0.05) is 43.8 Å². The lowest BCUT2D eigenvalue weighted by molar-refractivity contribution is 0.589. The molecule has 0 unspecified atom stereocenters. The number of benzene rings is 1. The molecule has 0 saturated carbocycles. The largest absolute Gasteiger partial charge is 0.369 e. The van der Waals surface area contributed by atoms with Crippen LogP contribution < -0.4 is 15.5 Å². The molecule has 0 radical (unpaired) electrons. The van der Waals surface area contributed by atoms with Crippen molar-refractivity contribution in [1.82, 2.24) is 15.3 Å². The average molecular weight is 299 g/mol. The summed E-state index contributed by atoms with van der Waals surface area (Å²) in [5, 5.41) is 7.93. The first-order valence-electron chi connectivity index (χ1n) is 8.18. The van der Waals surface area contributed by atoms with E-state index < -0.39 is 0 Å². The fourth-order valence-corrected chi connectivity index (χ4v) is 2.79. The third-order valence-corrected chi connectivity index (χ3v) is 4.12. The number of piperazine rings is 1. The topological polar surface area (TPSA) is 53.1 Å². The van der Waals surface area contributed by atoms with Crippen LogP contribution in [0.5, 0.6) is 0 Å². The molecule has 1 saturated heterocycles. The molecule has 1 aromatic carbocycles. The van der Waals surface area contributed by atoms with Gasteiger partial charge in [-0.1, -0.05) is 13.8 Å². The number of nitrogens with zero attached hydrogens (tertiary/aromatic N) is 3. The number of aromatic nitrogens is 2. The van der Waals surface area contributed by atoms with Crippen molar-refractivity contribution < 1.29 is 0 Å². The van der Waals surface area contributed by atoms with Gasteiger partial charge in [-0.15, -0.1) is 0 Å². The first-order valence-corrected chi connectivity index (χ1v) is 8.18. The number of nitrogens with one attached hydrogen (secondary N) is 2. The predicted molar refractivity (Wildman–Crippen MR) is 92.6 cm³/mol. The third kappa shape index (κ3) is 3.47. The van der Waals surface area contributed by atoms with Gasteiger partial charge in [0.25, 0.3) is 0 Å². The van der Waals surface area contributed by atoms with Crippen LogP contribution in [0.2, 0.25) is 0 Å². The van der Waals surface area contributed by atoms with Gasteiger partial charge in [-0.2, -0.15) is 0 Å². The van der Waals surface area contributed by atoms with Crippen LogP contribution in [0, 0.1) is 5.92 Å². The number of fused-ring (bicyclic) bond motifs is 1. The van der Waals surface area contributed by atoms with E-state index in [2.05, 4.69) is 57.5 Å². The normalized spacial score (nSPS) is 15.5. The smallest absolute Gasteiger partial charge is 0.137 e. The number of hydrogen-bond donors (Lipinski definition) is 2. The van der Waals surface area contributed by atoms with Crippen LogP contribution in [0.3, 0.4) is 0 Å². The fourth-order valence-electron chi connectivity index (χ4n) is 2.79. The summed E-state index contributed by atoms with van der Waals surface area (Å²) >= 11 is 0. The zero-order valence-electron chi connectivity index (χ0n) is 13.5. The Morgan fingerprint density at radius 2 is 2.05 bits per heavy atom. The monoisotopic (exact) mass is 299 g/mol. The van der Waals surface area contributed by atoms with Crippen molar-refractivity contribution in [2.24, 2.45) is 5.92 Å². The molecule has 5 nitrogen and oxygen atoms in total. The molecule has 3 rings (SSSR count). The van der Waals surface area contributed by atoms with E-state index in [1.807, 2.05) is 0 Å². The van der Waals surface area contributed by atoms with Crippen LogP contribution in [0.4, 0.5) is 11.5 Å². The Hall–Kier alpha value is -1.88. The van der Waals surface area contributed by atoms with Gasteiger partial charge in [-0.25, -0.2) is 9.97 Å². The summed E-state index contributed by atoms with van der Waals surface area (Å²) < 4.78 is 0. The summed E-state index contributed by atoms with van der Waals surface area (Å²) in [6.07, 6.45) is 2.80. The van der Waals surface area contributed by atoms with Crippen LogP contribution in [0.15, 0.2) is 24.5 Å². The Balaban J connectivity index is 1.80. The van der Waals surface area contributed by atoms with Gasteiger partial charge in [-0.05, 0) is 30.5 Å². The van der Waals surface area contributed by atoms with Gasteiger partial charge in [0.15, 0.2) is 0 Å². The Labute approximate surface area is 132 Å². The van der Waals surface area contributed by atoms with Crippen LogP contribution in [-0.4, -0.2) is 42.7 Å². The van der Waals surface area contributed by atoms with Crippen molar-refractivity contribution in [1.29, 1.82) is 0 Å². The molecule has 5 heteroatoms. The molecule has 1 aromatic heterocycles. The van der Waals surface area contributed by atoms with E-state index in [-0.39, 0.29) is 0 Å². The summed E-state index contributed by atoms with van der Waals surface area (Å²) in [5.41, 5.74) is 2.26. The molecule has 22 heavy (non-hydrogen) atoms. The van der Waals surface area contributed by atoms with Crippen LogP contribution in [-0.2, 0) is 0 Å². The quantitative estimate of drug-likeness (QED) is 0.888. The second-order valence-electron chi connectivity index (χ2n) is 6.27. The molecule has 2 aromatic rings. The van der Waals surface area contributed by atoms with Crippen LogP contribution in [0.1, 0.15) is 20.3 Å². The Kier molecular flexibility index (Phi) is 4.73. The lowest BCUT2D eigenvalue weighted by Crippen LogP contribution is -2.43. The molecule has 1 fully saturated rings. The van der Waals surface area contributed by atoms with Gasteiger partial charge in [0.1, 0.15) is 12.1 Å². The van der Waals surface area contributed by atoms with E-state index in [0.29, 0.717) is 5.92 Å². The zero-order chi connectivity index (χ0) is 15.4. The number of anilines is 2. The van der Waals surface area contributed by atoms with Gasteiger partial charge in [0.2, 0.25) is 0 Å². The zero-order valence-corrected chi connectivity index (χ0v) is 13.5. The van der Waals surface area contributed by atoms with Crippen molar-refractivity contribution in [3.63, 3.8) is 0 Å². The van der Waals surface area contributed by atoms with E-state index in [4.69, 9.17) is 0 Å². The highest BCUT2D eigenvalue weighted by molar-refractivity contribution is 5.91. The molecule has 1 aliphatic rings. The second-order valence-corrected chi connectivity index (χ2v) is 6.27. The molecule has 1 aliphatic heterocycles. The van der Waals surface area contributed by atoms with Crippen molar-refractivity contribution in [3.8, 4) is 0 Å². The van der Waals surface area contributed by atoms with E-state index in [0.717, 1.165) is 55.9 Å². The average Bonchev–Trinajstić information content (AvgIpc) is 2.55. The molecule has 2 N–H and O–H groups in total. The fraction of sp³-hybridized carbons (Fsp3) is 0.529. The lowest BCUT2D eigenvalue weighted by Gasteiger charge is -2.29. The molecule has 0 bridgehead atoms. The number of rotatable bonds is 5. The molecule has 0 amide bonds. The summed E-state index contributed by atoms with van der Waals surface area (Å²) in [6, 6.07) is 6.50. The molecular formula is C17H25N5. The van der Waals surface area contributed by atoms with Crippen molar-refractivity contribution >= 4 is 22.4 Å². The van der Waals surface area contributed by atoms with E-state index in [1.165, 1.54) is 5.69 Å². The van der Waals surface area contributed by atoms with Gasteiger partial charge in [0.05, 0.1) is 5.52 Å². The maximum absolute atomic E-state index is 4.45. The first-order chi connectivity index (χ1) is 10.7. The summed E-state index contributed by atoms with van der Waals surface area (Å²) in [4.78, 5) is 11.3. The van der Waals surface area contributed by atoms with Gasteiger partial charge in [-0.3, -0.25) is 0 Å². The van der Waals surface area contributed by atoms with Crippen molar-refractivity contribution in [3.05, 3.63) is 24.5 Å². The molecule has 118 valence electrons.